The largest absolute Gasteiger partial charge is 0.339 e. The molecule has 0 bridgehead atoms. The van der Waals surface area contributed by atoms with Gasteiger partial charge in [-0.25, -0.2) is 0 Å². The van der Waals surface area contributed by atoms with Crippen LogP contribution in [0.2, 0.25) is 0 Å². The summed E-state index contributed by atoms with van der Waals surface area (Å²) in [5.74, 6) is 3.75. The molecule has 0 saturated heterocycles. The lowest BCUT2D eigenvalue weighted by molar-refractivity contribution is 0.365. The first kappa shape index (κ1) is 8.73. The predicted molar refractivity (Wildman–Crippen MR) is 49.4 cm³/mol. The van der Waals surface area contributed by atoms with Gasteiger partial charge in [0.1, 0.15) is 0 Å². The number of aryl methyl sites for hydroxylation is 1. The van der Waals surface area contributed by atoms with Crippen LogP contribution in [-0.4, -0.2) is 10.1 Å². The van der Waals surface area contributed by atoms with E-state index in [0.717, 1.165) is 30.0 Å². The van der Waals surface area contributed by atoms with Gasteiger partial charge in [0, 0.05) is 12.3 Å². The summed E-state index contributed by atoms with van der Waals surface area (Å²) in [7, 11) is 0. The molecule has 0 amide bonds. The van der Waals surface area contributed by atoms with Crippen LogP contribution in [0.25, 0.3) is 0 Å². The van der Waals surface area contributed by atoms with Gasteiger partial charge in [0.05, 0.1) is 0 Å². The van der Waals surface area contributed by atoms with E-state index in [4.69, 9.17) is 4.52 Å². The molecule has 1 aromatic heterocycles. The number of rotatable bonds is 3. The van der Waals surface area contributed by atoms with Crippen molar-refractivity contribution in [3.05, 3.63) is 11.7 Å². The van der Waals surface area contributed by atoms with Gasteiger partial charge in [0.25, 0.3) is 0 Å². The van der Waals surface area contributed by atoms with Crippen molar-refractivity contribution in [1.82, 2.24) is 10.1 Å². The van der Waals surface area contributed by atoms with Crippen molar-refractivity contribution in [2.75, 3.05) is 0 Å². The Kier molecular flexibility index (Phi) is 2.10. The summed E-state index contributed by atoms with van der Waals surface area (Å²) in [5, 5.41) is 3.90. The first-order chi connectivity index (χ1) is 6.22. The minimum Gasteiger partial charge on any atom is -0.339 e. The minimum atomic E-state index is 0.549. The van der Waals surface area contributed by atoms with Crippen LogP contribution in [-0.2, 0) is 6.42 Å². The predicted octanol–water partition coefficient (Wildman–Crippen LogP) is 2.39. The molecular weight excluding hydrogens is 164 g/mol. The third-order valence-electron chi connectivity index (χ3n) is 2.81. The third kappa shape index (κ3) is 1.60. The highest BCUT2D eigenvalue weighted by Crippen LogP contribution is 2.50. The molecule has 3 nitrogen and oxygen atoms in total. The lowest BCUT2D eigenvalue weighted by Crippen LogP contribution is -1.92. The molecule has 13 heavy (non-hydrogen) atoms. The summed E-state index contributed by atoms with van der Waals surface area (Å²) in [5.41, 5.74) is 0. The number of aromatic nitrogens is 2. The van der Waals surface area contributed by atoms with Crippen LogP contribution in [0.15, 0.2) is 4.52 Å². The summed E-state index contributed by atoms with van der Waals surface area (Å²) in [6, 6.07) is 0. The smallest absolute Gasteiger partial charge is 0.230 e. The Morgan fingerprint density at radius 2 is 2.31 bits per heavy atom. The fourth-order valence-electron chi connectivity index (χ4n) is 1.80. The van der Waals surface area contributed by atoms with Crippen molar-refractivity contribution in [2.45, 2.75) is 39.5 Å². The number of hydrogen-bond acceptors (Lipinski definition) is 3. The molecule has 0 aromatic carbocycles. The van der Waals surface area contributed by atoms with E-state index in [1.54, 1.807) is 0 Å². The summed E-state index contributed by atoms with van der Waals surface area (Å²) in [4.78, 5) is 4.35. The second-order valence-electron chi connectivity index (χ2n) is 4.15. The average Bonchev–Trinajstić information content (AvgIpc) is 2.78. The van der Waals surface area contributed by atoms with Crippen LogP contribution in [0, 0.1) is 11.8 Å². The van der Waals surface area contributed by atoms with Crippen LogP contribution in [0.4, 0.5) is 0 Å². The van der Waals surface area contributed by atoms with Crippen molar-refractivity contribution in [3.63, 3.8) is 0 Å². The molecule has 3 heteroatoms. The van der Waals surface area contributed by atoms with Crippen LogP contribution in [0.1, 0.15) is 44.8 Å². The quantitative estimate of drug-likeness (QED) is 0.717. The molecule has 72 valence electrons. The van der Waals surface area contributed by atoms with Gasteiger partial charge in [-0.3, -0.25) is 0 Å². The fraction of sp³-hybridized carbons (Fsp3) is 0.800. The summed E-state index contributed by atoms with van der Waals surface area (Å²) in [6.45, 7) is 6.55. The van der Waals surface area contributed by atoms with Crippen molar-refractivity contribution in [1.29, 1.82) is 0 Å². The van der Waals surface area contributed by atoms with Gasteiger partial charge < -0.3 is 4.52 Å². The average molecular weight is 180 g/mol. The van der Waals surface area contributed by atoms with Gasteiger partial charge in [-0.15, -0.1) is 0 Å². The van der Waals surface area contributed by atoms with Crippen LogP contribution >= 0.6 is 0 Å². The van der Waals surface area contributed by atoms with E-state index >= 15 is 0 Å². The molecular formula is C10H16N2O. The van der Waals surface area contributed by atoms with Crippen LogP contribution in [0.5, 0.6) is 0 Å². The third-order valence-corrected chi connectivity index (χ3v) is 2.81. The molecule has 0 N–H and O–H groups in total. The lowest BCUT2D eigenvalue weighted by Gasteiger charge is -1.98. The Morgan fingerprint density at radius 3 is 2.77 bits per heavy atom. The maximum absolute atomic E-state index is 5.20. The van der Waals surface area contributed by atoms with Gasteiger partial charge in [-0.05, 0) is 18.3 Å². The van der Waals surface area contributed by atoms with E-state index in [2.05, 4.69) is 24.0 Å². The topological polar surface area (TPSA) is 38.9 Å². The number of nitrogens with zero attached hydrogens (tertiary/aromatic N) is 2. The Morgan fingerprint density at radius 1 is 1.54 bits per heavy atom. The highest BCUT2D eigenvalue weighted by Gasteiger charge is 2.44. The Labute approximate surface area is 78.5 Å². The molecule has 1 aliphatic carbocycles. The summed E-state index contributed by atoms with van der Waals surface area (Å²) >= 11 is 0. The van der Waals surface area contributed by atoms with Crippen LogP contribution in [0.3, 0.4) is 0 Å². The second-order valence-corrected chi connectivity index (χ2v) is 4.15. The van der Waals surface area contributed by atoms with Gasteiger partial charge >= 0.3 is 0 Å². The normalized spacial score (nSPS) is 26.8. The second kappa shape index (κ2) is 3.13. The van der Waals surface area contributed by atoms with Gasteiger partial charge in [0.2, 0.25) is 5.89 Å². The summed E-state index contributed by atoms with van der Waals surface area (Å²) < 4.78 is 5.20. The highest BCUT2D eigenvalue weighted by molar-refractivity contribution is 5.08. The SMILES string of the molecule is CCc1noc(C2CC2C(C)C)n1. The standard InChI is InChI=1S/C10H16N2O/c1-4-9-11-10(13-12-9)8-5-7(8)6(2)3/h6-8H,4-5H2,1-3H3. The van der Waals surface area contributed by atoms with E-state index in [1.807, 2.05) is 6.92 Å². The van der Waals surface area contributed by atoms with E-state index in [9.17, 15) is 0 Å². The molecule has 0 aliphatic heterocycles. The molecule has 2 rings (SSSR count). The lowest BCUT2D eigenvalue weighted by atomic mass is 10.1. The van der Waals surface area contributed by atoms with Crippen molar-refractivity contribution in [2.24, 2.45) is 11.8 Å². The van der Waals surface area contributed by atoms with Crippen molar-refractivity contribution in [3.8, 4) is 0 Å². The zero-order valence-corrected chi connectivity index (χ0v) is 8.45. The van der Waals surface area contributed by atoms with Gasteiger partial charge in [0.15, 0.2) is 5.82 Å². The molecule has 1 heterocycles. The number of hydrogen-bond donors (Lipinski definition) is 0. The van der Waals surface area contributed by atoms with Crippen molar-refractivity contribution >= 4 is 0 Å². The molecule has 1 fully saturated rings. The van der Waals surface area contributed by atoms with Gasteiger partial charge in [-0.1, -0.05) is 25.9 Å². The molecule has 2 atom stereocenters. The van der Waals surface area contributed by atoms with Gasteiger partial charge in [-0.2, -0.15) is 4.98 Å². The molecule has 1 aromatic rings. The Balaban J connectivity index is 2.03. The maximum Gasteiger partial charge on any atom is 0.230 e. The van der Waals surface area contributed by atoms with E-state index in [1.165, 1.54) is 6.42 Å². The monoisotopic (exact) mass is 180 g/mol. The molecule has 2 unspecified atom stereocenters. The molecule has 0 spiro atoms. The van der Waals surface area contributed by atoms with E-state index in [-0.39, 0.29) is 0 Å². The minimum absolute atomic E-state index is 0.549. The Bertz CT molecular complexity index is 293. The van der Waals surface area contributed by atoms with Crippen LogP contribution < -0.4 is 0 Å². The molecule has 1 saturated carbocycles. The first-order valence-electron chi connectivity index (χ1n) is 5.04. The zero-order valence-electron chi connectivity index (χ0n) is 8.45. The first-order valence-corrected chi connectivity index (χ1v) is 5.04. The van der Waals surface area contributed by atoms with Crippen molar-refractivity contribution < 1.29 is 4.52 Å². The van der Waals surface area contributed by atoms with E-state index < -0.39 is 0 Å². The molecule has 1 aliphatic rings. The molecule has 0 radical (unpaired) electrons. The maximum atomic E-state index is 5.20. The fourth-order valence-corrected chi connectivity index (χ4v) is 1.80. The Hall–Kier alpha value is -0.860. The highest BCUT2D eigenvalue weighted by atomic mass is 16.5. The summed E-state index contributed by atoms with van der Waals surface area (Å²) in [6.07, 6.45) is 2.09. The van der Waals surface area contributed by atoms with E-state index in [0.29, 0.717) is 5.92 Å². The zero-order chi connectivity index (χ0) is 9.42.